The number of H-pyrrole nitrogens is 1. The summed E-state index contributed by atoms with van der Waals surface area (Å²) in [7, 11) is 1.55. The molecule has 0 aliphatic carbocycles. The minimum absolute atomic E-state index is 0.00545. The zero-order valence-corrected chi connectivity index (χ0v) is 13.7. The Kier molecular flexibility index (Phi) is 4.12. The number of benzene rings is 2. The molecule has 0 saturated carbocycles. The zero-order valence-electron chi connectivity index (χ0n) is 12.1. The van der Waals surface area contributed by atoms with Crippen molar-refractivity contribution in [2.75, 3.05) is 7.11 Å². The van der Waals surface area contributed by atoms with Crippen LogP contribution in [0.5, 0.6) is 5.75 Å². The second kappa shape index (κ2) is 6.21. The van der Waals surface area contributed by atoms with Crippen LogP contribution in [0, 0.1) is 0 Å². The number of azo groups is 1. The van der Waals surface area contributed by atoms with Gasteiger partial charge in [-0.2, -0.15) is 5.11 Å². The SMILES string of the molecule is COc1ccc2[nH]c(C(=O)O)c(N=Nc3ccc(Br)cc3)c2c1. The van der Waals surface area contributed by atoms with Crippen LogP contribution < -0.4 is 4.74 Å². The highest BCUT2D eigenvalue weighted by molar-refractivity contribution is 9.10. The van der Waals surface area contributed by atoms with Gasteiger partial charge in [0.15, 0.2) is 5.69 Å². The number of carboxylic acids is 1. The molecule has 3 aromatic rings. The Hall–Kier alpha value is -2.67. The van der Waals surface area contributed by atoms with E-state index in [0.29, 0.717) is 22.3 Å². The second-order valence-corrected chi connectivity index (χ2v) is 5.66. The Labute approximate surface area is 139 Å². The van der Waals surface area contributed by atoms with Crippen molar-refractivity contribution in [1.82, 2.24) is 4.98 Å². The van der Waals surface area contributed by atoms with Crippen molar-refractivity contribution in [2.24, 2.45) is 10.2 Å². The van der Waals surface area contributed by atoms with Crippen LogP contribution >= 0.6 is 15.9 Å². The van der Waals surface area contributed by atoms with Crippen LogP contribution in [0.3, 0.4) is 0 Å². The Balaban J connectivity index is 2.11. The number of ether oxygens (including phenoxy) is 1. The number of nitrogens with zero attached hydrogens (tertiary/aromatic N) is 2. The Morgan fingerprint density at radius 3 is 2.57 bits per heavy atom. The van der Waals surface area contributed by atoms with Gasteiger partial charge in [0, 0.05) is 15.4 Å². The number of aromatic amines is 1. The lowest BCUT2D eigenvalue weighted by molar-refractivity contribution is 0.0692. The summed E-state index contributed by atoms with van der Waals surface area (Å²) >= 11 is 3.35. The van der Waals surface area contributed by atoms with Gasteiger partial charge in [-0.25, -0.2) is 4.79 Å². The summed E-state index contributed by atoms with van der Waals surface area (Å²) in [6, 6.07) is 12.5. The van der Waals surface area contributed by atoms with Crippen LogP contribution in [0.15, 0.2) is 57.2 Å². The van der Waals surface area contributed by atoms with E-state index < -0.39 is 5.97 Å². The number of carbonyl (C=O) groups is 1. The van der Waals surface area contributed by atoms with E-state index in [4.69, 9.17) is 4.74 Å². The molecule has 116 valence electrons. The van der Waals surface area contributed by atoms with Gasteiger partial charge < -0.3 is 14.8 Å². The molecular formula is C16H12BrN3O3. The largest absolute Gasteiger partial charge is 0.497 e. The molecule has 2 aromatic carbocycles. The van der Waals surface area contributed by atoms with E-state index in [2.05, 4.69) is 31.1 Å². The number of hydrogen-bond acceptors (Lipinski definition) is 4. The molecule has 0 atom stereocenters. The van der Waals surface area contributed by atoms with Gasteiger partial charge in [0.1, 0.15) is 11.4 Å². The number of halogens is 1. The first-order valence-electron chi connectivity index (χ1n) is 6.69. The maximum atomic E-state index is 11.4. The van der Waals surface area contributed by atoms with Gasteiger partial charge >= 0.3 is 5.97 Å². The van der Waals surface area contributed by atoms with Gasteiger partial charge in [0.25, 0.3) is 0 Å². The van der Waals surface area contributed by atoms with E-state index in [-0.39, 0.29) is 11.4 Å². The molecule has 0 unspecified atom stereocenters. The van der Waals surface area contributed by atoms with E-state index in [1.165, 1.54) is 0 Å². The highest BCUT2D eigenvalue weighted by atomic mass is 79.9. The van der Waals surface area contributed by atoms with Crippen LogP contribution in [-0.2, 0) is 0 Å². The second-order valence-electron chi connectivity index (χ2n) is 4.74. The minimum atomic E-state index is -1.09. The van der Waals surface area contributed by atoms with Crippen molar-refractivity contribution in [3.8, 4) is 5.75 Å². The van der Waals surface area contributed by atoms with Crippen LogP contribution in [-0.4, -0.2) is 23.2 Å². The quantitative estimate of drug-likeness (QED) is 0.627. The van der Waals surface area contributed by atoms with Crippen molar-refractivity contribution >= 4 is 44.2 Å². The Morgan fingerprint density at radius 1 is 1.17 bits per heavy atom. The molecule has 0 radical (unpaired) electrons. The topological polar surface area (TPSA) is 87.0 Å². The third-order valence-corrected chi connectivity index (χ3v) is 3.81. The standard InChI is InChI=1S/C16H12BrN3O3/c1-23-11-6-7-13-12(8-11)14(15(18-13)16(21)22)20-19-10-4-2-9(17)3-5-10/h2-8,18H,1H3,(H,21,22). The van der Waals surface area contributed by atoms with E-state index in [0.717, 1.165) is 4.47 Å². The van der Waals surface area contributed by atoms with Gasteiger partial charge in [0.05, 0.1) is 12.8 Å². The van der Waals surface area contributed by atoms with Crippen molar-refractivity contribution in [3.63, 3.8) is 0 Å². The van der Waals surface area contributed by atoms with Gasteiger partial charge in [0.2, 0.25) is 0 Å². The third kappa shape index (κ3) is 3.09. The molecule has 6 nitrogen and oxygen atoms in total. The molecule has 0 aliphatic heterocycles. The predicted molar refractivity (Wildman–Crippen MR) is 90.1 cm³/mol. The summed E-state index contributed by atoms with van der Waals surface area (Å²) in [5.41, 5.74) is 1.55. The van der Waals surface area contributed by atoms with E-state index in [9.17, 15) is 9.90 Å². The monoisotopic (exact) mass is 373 g/mol. The lowest BCUT2D eigenvalue weighted by Gasteiger charge is -1.99. The highest BCUT2D eigenvalue weighted by Gasteiger charge is 2.17. The molecule has 3 rings (SSSR count). The first-order valence-corrected chi connectivity index (χ1v) is 7.48. The fourth-order valence-electron chi connectivity index (χ4n) is 2.16. The van der Waals surface area contributed by atoms with E-state index >= 15 is 0 Å². The van der Waals surface area contributed by atoms with Crippen molar-refractivity contribution in [3.05, 3.63) is 52.6 Å². The molecule has 1 aromatic heterocycles. The number of aromatic carboxylic acids is 1. The number of hydrogen-bond donors (Lipinski definition) is 2. The summed E-state index contributed by atoms with van der Waals surface area (Å²) < 4.78 is 6.11. The number of fused-ring (bicyclic) bond motifs is 1. The fourth-order valence-corrected chi connectivity index (χ4v) is 2.42. The molecule has 0 bridgehead atoms. The van der Waals surface area contributed by atoms with Gasteiger partial charge in [-0.1, -0.05) is 15.9 Å². The molecule has 23 heavy (non-hydrogen) atoms. The first-order chi connectivity index (χ1) is 11.1. The number of aromatic nitrogens is 1. The van der Waals surface area contributed by atoms with Crippen LogP contribution in [0.1, 0.15) is 10.5 Å². The highest BCUT2D eigenvalue weighted by Crippen LogP contribution is 2.34. The molecule has 2 N–H and O–H groups in total. The summed E-state index contributed by atoms with van der Waals surface area (Å²) in [4.78, 5) is 14.3. The Bertz CT molecular complexity index is 901. The summed E-state index contributed by atoms with van der Waals surface area (Å²) in [6.07, 6.45) is 0. The van der Waals surface area contributed by atoms with Gasteiger partial charge in [-0.3, -0.25) is 0 Å². The first kappa shape index (κ1) is 15.2. The van der Waals surface area contributed by atoms with Crippen LogP contribution in [0.2, 0.25) is 0 Å². The van der Waals surface area contributed by atoms with Crippen molar-refractivity contribution < 1.29 is 14.6 Å². The average molecular weight is 374 g/mol. The summed E-state index contributed by atoms with van der Waals surface area (Å²) in [5, 5.41) is 18.2. The number of rotatable bonds is 4. The fraction of sp³-hybridized carbons (Fsp3) is 0.0625. The van der Waals surface area contributed by atoms with E-state index in [1.807, 2.05) is 12.1 Å². The number of nitrogens with one attached hydrogen (secondary N) is 1. The lowest BCUT2D eigenvalue weighted by Crippen LogP contribution is -1.95. The van der Waals surface area contributed by atoms with Crippen LogP contribution in [0.25, 0.3) is 10.9 Å². The summed E-state index contributed by atoms with van der Waals surface area (Å²) in [6.45, 7) is 0. The Morgan fingerprint density at radius 2 is 1.91 bits per heavy atom. The molecular weight excluding hydrogens is 362 g/mol. The maximum absolute atomic E-state index is 11.4. The summed E-state index contributed by atoms with van der Waals surface area (Å²) in [5.74, 6) is -0.474. The van der Waals surface area contributed by atoms with Gasteiger partial charge in [-0.15, -0.1) is 5.11 Å². The van der Waals surface area contributed by atoms with Crippen molar-refractivity contribution in [1.29, 1.82) is 0 Å². The number of carboxylic acid groups (broad SMARTS) is 1. The molecule has 0 aliphatic rings. The third-order valence-electron chi connectivity index (χ3n) is 3.28. The average Bonchev–Trinajstić information content (AvgIpc) is 2.92. The molecule has 0 amide bonds. The molecule has 1 heterocycles. The minimum Gasteiger partial charge on any atom is -0.497 e. The van der Waals surface area contributed by atoms with Gasteiger partial charge in [-0.05, 0) is 42.5 Å². The predicted octanol–water partition coefficient (Wildman–Crippen LogP) is 5.05. The lowest BCUT2D eigenvalue weighted by atomic mass is 10.2. The molecule has 0 saturated heterocycles. The smallest absolute Gasteiger partial charge is 0.354 e. The zero-order chi connectivity index (χ0) is 16.4. The normalized spacial score (nSPS) is 11.2. The maximum Gasteiger partial charge on any atom is 0.354 e. The molecule has 7 heteroatoms. The van der Waals surface area contributed by atoms with Crippen LogP contribution in [0.4, 0.5) is 11.4 Å². The number of methoxy groups -OCH3 is 1. The molecule has 0 spiro atoms. The van der Waals surface area contributed by atoms with E-state index in [1.54, 1.807) is 37.4 Å². The molecule has 0 fully saturated rings. The van der Waals surface area contributed by atoms with Crippen molar-refractivity contribution in [2.45, 2.75) is 0 Å².